The quantitative estimate of drug-likeness (QED) is 0.635. The fraction of sp³-hybridized carbons (Fsp3) is 0.500. The van der Waals surface area contributed by atoms with E-state index in [1.54, 1.807) is 0 Å². The predicted molar refractivity (Wildman–Crippen MR) is 71.3 cm³/mol. The Kier molecular flexibility index (Phi) is 5.06. The number of hydrogen-bond acceptors (Lipinski definition) is 5. The van der Waals surface area contributed by atoms with E-state index in [4.69, 9.17) is 5.73 Å². The van der Waals surface area contributed by atoms with Crippen LogP contribution in [0.2, 0.25) is 0 Å². The molecule has 1 unspecified atom stereocenters. The highest BCUT2D eigenvalue weighted by Gasteiger charge is 2.28. The van der Waals surface area contributed by atoms with Crippen molar-refractivity contribution in [1.29, 1.82) is 0 Å². The number of thiophene rings is 1. The number of hydrogen-bond donors (Lipinski definition) is 2. The zero-order valence-electron chi connectivity index (χ0n) is 9.50. The van der Waals surface area contributed by atoms with Gasteiger partial charge in [-0.25, -0.2) is 0 Å². The maximum Gasteiger partial charge on any atom is 0.324 e. The van der Waals surface area contributed by atoms with Crippen LogP contribution in [-0.4, -0.2) is 23.4 Å². The van der Waals surface area contributed by atoms with E-state index in [2.05, 4.69) is 5.32 Å². The van der Waals surface area contributed by atoms with Gasteiger partial charge in [0, 0.05) is 24.0 Å². The van der Waals surface area contributed by atoms with Crippen LogP contribution in [0.15, 0.2) is 11.4 Å². The first-order valence-electron chi connectivity index (χ1n) is 5.34. The first-order chi connectivity index (χ1) is 8.08. The fourth-order valence-corrected chi connectivity index (χ4v) is 2.25. The molecule has 0 saturated heterocycles. The maximum absolute atomic E-state index is 11.6. The molecule has 3 N–H and O–H groups in total. The van der Waals surface area contributed by atoms with Crippen molar-refractivity contribution in [3.05, 3.63) is 27.1 Å². The second-order valence-corrected chi connectivity index (χ2v) is 5.03. The average Bonchev–Trinajstić information content (AvgIpc) is 3.02. The van der Waals surface area contributed by atoms with Crippen molar-refractivity contribution in [3.8, 4) is 0 Å². The van der Waals surface area contributed by atoms with Crippen LogP contribution in [0.25, 0.3) is 0 Å². The van der Waals surface area contributed by atoms with Crippen LogP contribution >= 0.6 is 23.7 Å². The molecular weight excluding hydrogens is 278 g/mol. The van der Waals surface area contributed by atoms with E-state index >= 15 is 0 Å². The number of nitrogens with two attached hydrogens (primary N) is 1. The number of rotatable bonds is 5. The van der Waals surface area contributed by atoms with E-state index in [1.807, 2.05) is 0 Å². The van der Waals surface area contributed by atoms with Gasteiger partial charge in [0.05, 0.1) is 10.5 Å². The van der Waals surface area contributed by atoms with Gasteiger partial charge >= 0.3 is 5.00 Å². The van der Waals surface area contributed by atoms with Gasteiger partial charge < -0.3 is 11.1 Å². The summed E-state index contributed by atoms with van der Waals surface area (Å²) in [6.07, 6.45) is 2.25. The van der Waals surface area contributed by atoms with Gasteiger partial charge in [-0.3, -0.25) is 14.9 Å². The molecule has 2 rings (SSSR count). The number of amides is 1. The lowest BCUT2D eigenvalue weighted by Gasteiger charge is -2.10. The molecule has 1 aliphatic carbocycles. The van der Waals surface area contributed by atoms with Crippen LogP contribution in [0.5, 0.6) is 0 Å². The number of nitrogens with zero attached hydrogens (tertiary/aromatic N) is 1. The van der Waals surface area contributed by atoms with Gasteiger partial charge in [-0.2, -0.15) is 0 Å². The van der Waals surface area contributed by atoms with Gasteiger partial charge in [0.25, 0.3) is 5.91 Å². The summed E-state index contributed by atoms with van der Waals surface area (Å²) in [6.45, 7) is 0.424. The Balaban J connectivity index is 0.00000162. The van der Waals surface area contributed by atoms with Crippen molar-refractivity contribution >= 4 is 34.7 Å². The third-order valence-electron chi connectivity index (χ3n) is 2.75. The molecular formula is C10H14ClN3O3S. The minimum absolute atomic E-state index is 0. The van der Waals surface area contributed by atoms with Crippen molar-refractivity contribution in [3.63, 3.8) is 0 Å². The zero-order chi connectivity index (χ0) is 12.4. The number of carbonyl (C=O) groups is 1. The van der Waals surface area contributed by atoms with Gasteiger partial charge in [-0.15, -0.1) is 12.4 Å². The Labute approximate surface area is 114 Å². The Bertz CT molecular complexity index is 447. The molecule has 0 spiro atoms. The minimum atomic E-state index is -0.503. The maximum atomic E-state index is 11.6. The molecule has 100 valence electrons. The molecule has 1 aliphatic rings. The lowest BCUT2D eigenvalue weighted by Crippen LogP contribution is -2.38. The summed E-state index contributed by atoms with van der Waals surface area (Å²) < 4.78 is 0. The van der Waals surface area contributed by atoms with Gasteiger partial charge in [-0.1, -0.05) is 11.3 Å². The molecule has 8 heteroatoms. The summed E-state index contributed by atoms with van der Waals surface area (Å²) in [5.41, 5.74) is 6.16. The number of halogens is 1. The second kappa shape index (κ2) is 6.12. The van der Waals surface area contributed by atoms with Crippen LogP contribution in [0.3, 0.4) is 0 Å². The van der Waals surface area contributed by atoms with Crippen LogP contribution in [-0.2, 0) is 0 Å². The van der Waals surface area contributed by atoms with E-state index < -0.39 is 4.92 Å². The zero-order valence-corrected chi connectivity index (χ0v) is 11.1. The van der Waals surface area contributed by atoms with Crippen molar-refractivity contribution < 1.29 is 9.72 Å². The summed E-state index contributed by atoms with van der Waals surface area (Å²) in [5, 5.41) is 14.6. The molecule has 1 amide bonds. The standard InChI is InChI=1S/C10H13N3O3S.ClH/c11-8(6-1-2-6)4-12-10(14)7-3-9(13(15)16)17-5-7;/h3,5-6,8H,1-2,4,11H2,(H,12,14);1H. The molecule has 1 atom stereocenters. The Morgan fingerprint density at radius 3 is 2.83 bits per heavy atom. The largest absolute Gasteiger partial charge is 0.350 e. The molecule has 1 aromatic heterocycles. The number of nitro groups is 1. The van der Waals surface area contributed by atoms with Crippen molar-refractivity contribution in [1.82, 2.24) is 5.32 Å². The fourth-order valence-electron chi connectivity index (χ4n) is 1.54. The van der Waals surface area contributed by atoms with Gasteiger partial charge in [0.2, 0.25) is 0 Å². The molecule has 6 nitrogen and oxygen atoms in total. The third kappa shape index (κ3) is 3.66. The average molecular weight is 292 g/mol. The summed E-state index contributed by atoms with van der Waals surface area (Å²) in [5.74, 6) is 0.220. The predicted octanol–water partition coefficient (Wildman–Crippen LogP) is 1.55. The van der Waals surface area contributed by atoms with Gasteiger partial charge in [0.15, 0.2) is 0 Å². The molecule has 1 heterocycles. The number of carbonyl (C=O) groups excluding carboxylic acids is 1. The second-order valence-electron chi connectivity index (χ2n) is 4.14. The molecule has 18 heavy (non-hydrogen) atoms. The SMILES string of the molecule is Cl.NC(CNC(=O)c1csc([N+](=O)[O-])c1)C1CC1. The van der Waals surface area contributed by atoms with Crippen LogP contribution in [0.4, 0.5) is 5.00 Å². The Morgan fingerprint density at radius 1 is 1.67 bits per heavy atom. The van der Waals surface area contributed by atoms with E-state index in [0.29, 0.717) is 18.0 Å². The first-order valence-corrected chi connectivity index (χ1v) is 6.22. The minimum Gasteiger partial charge on any atom is -0.350 e. The highest BCUT2D eigenvalue weighted by Crippen LogP contribution is 2.31. The molecule has 1 saturated carbocycles. The molecule has 0 bridgehead atoms. The van der Waals surface area contributed by atoms with E-state index in [1.165, 1.54) is 11.4 Å². The first kappa shape index (κ1) is 14.9. The van der Waals surface area contributed by atoms with Crippen molar-refractivity contribution in [2.45, 2.75) is 18.9 Å². The van der Waals surface area contributed by atoms with E-state index in [-0.39, 0.29) is 29.4 Å². The summed E-state index contributed by atoms with van der Waals surface area (Å²) in [4.78, 5) is 21.6. The summed E-state index contributed by atoms with van der Waals surface area (Å²) >= 11 is 0.948. The summed E-state index contributed by atoms with van der Waals surface area (Å²) in [7, 11) is 0. The smallest absolute Gasteiger partial charge is 0.324 e. The highest BCUT2D eigenvalue weighted by molar-refractivity contribution is 7.13. The van der Waals surface area contributed by atoms with Crippen molar-refractivity contribution in [2.75, 3.05) is 6.54 Å². The lowest BCUT2D eigenvalue weighted by molar-refractivity contribution is -0.380. The molecule has 0 radical (unpaired) electrons. The summed E-state index contributed by atoms with van der Waals surface area (Å²) in [6, 6.07) is 1.27. The monoisotopic (exact) mass is 291 g/mol. The van der Waals surface area contributed by atoms with Crippen LogP contribution in [0, 0.1) is 16.0 Å². The Hall–Kier alpha value is -1.18. The molecule has 1 fully saturated rings. The lowest BCUT2D eigenvalue weighted by atomic mass is 10.2. The Morgan fingerprint density at radius 2 is 2.33 bits per heavy atom. The van der Waals surface area contributed by atoms with Crippen molar-refractivity contribution in [2.24, 2.45) is 11.7 Å². The highest BCUT2D eigenvalue weighted by atomic mass is 35.5. The van der Waals surface area contributed by atoms with Gasteiger partial charge in [0.1, 0.15) is 0 Å². The molecule has 0 aromatic carbocycles. The van der Waals surface area contributed by atoms with Crippen LogP contribution in [0.1, 0.15) is 23.2 Å². The normalized spacial score (nSPS) is 15.6. The topological polar surface area (TPSA) is 98.3 Å². The molecule has 0 aliphatic heterocycles. The number of nitrogens with one attached hydrogen (secondary N) is 1. The van der Waals surface area contributed by atoms with Gasteiger partial charge in [-0.05, 0) is 18.8 Å². The third-order valence-corrected chi connectivity index (χ3v) is 3.63. The van der Waals surface area contributed by atoms with E-state index in [0.717, 1.165) is 24.2 Å². The van der Waals surface area contributed by atoms with Crippen LogP contribution < -0.4 is 11.1 Å². The van der Waals surface area contributed by atoms with E-state index in [9.17, 15) is 14.9 Å². The molecule has 1 aromatic rings.